The molecule has 0 atom stereocenters. The van der Waals surface area contributed by atoms with Gasteiger partial charge in [0.05, 0.1) is 0 Å². The van der Waals surface area contributed by atoms with E-state index in [1.165, 1.54) is 0 Å². The minimum absolute atomic E-state index is 0. The Kier molecular flexibility index (Phi) is 11.6. The van der Waals surface area contributed by atoms with E-state index in [0.29, 0.717) is 0 Å². The summed E-state index contributed by atoms with van der Waals surface area (Å²) in [5.74, 6) is 0. The number of hydrogen-bond acceptors (Lipinski definition) is 4. The van der Waals surface area contributed by atoms with Gasteiger partial charge in [0, 0.05) is 0 Å². The minimum atomic E-state index is -4.74. The molecule has 0 amide bonds. The van der Waals surface area contributed by atoms with Gasteiger partial charge in [0.25, 0.3) is 0 Å². The SMILES string of the molecule is O=[Si](O)OS(=O)(=O)O.[AlH3].[H-].[Na+]. The van der Waals surface area contributed by atoms with Crippen molar-refractivity contribution in [3.05, 3.63) is 0 Å². The van der Waals surface area contributed by atoms with Gasteiger partial charge in [-0.2, -0.15) is 8.42 Å². The van der Waals surface area contributed by atoms with Crippen LogP contribution in [0.2, 0.25) is 0 Å². The standard InChI is InChI=1S/Al.Na.H2O6SSi.4H/c;;1-7(2,3)6-8(4)5;;;;/h;;4H,(H,1,2,3);;;;/q;+1;;;;;-1. The normalized spacial score (nSPS) is 8.50. The molecule has 0 aromatic rings. The van der Waals surface area contributed by atoms with Gasteiger partial charge in [-0.1, -0.05) is 0 Å². The van der Waals surface area contributed by atoms with Crippen LogP contribution in [-0.4, -0.2) is 44.3 Å². The molecule has 6 nitrogen and oxygen atoms in total. The van der Waals surface area contributed by atoms with Crippen molar-refractivity contribution in [1.29, 1.82) is 0 Å². The Labute approximate surface area is 93.3 Å². The van der Waals surface area contributed by atoms with E-state index in [2.05, 4.69) is 3.87 Å². The molecule has 0 spiro atoms. The molecule has 0 aliphatic heterocycles. The van der Waals surface area contributed by atoms with Gasteiger partial charge < -0.3 is 10.1 Å². The molecule has 0 aromatic carbocycles. The summed E-state index contributed by atoms with van der Waals surface area (Å²) in [6.07, 6.45) is 0. The van der Waals surface area contributed by atoms with Crippen LogP contribution in [-0.2, 0) is 18.7 Å². The zero-order chi connectivity index (χ0) is 6.78. The molecule has 10 heavy (non-hydrogen) atoms. The van der Waals surface area contributed by atoms with Gasteiger partial charge in [0.2, 0.25) is 0 Å². The second kappa shape index (κ2) is 6.75. The number of hydrogen-bond donors (Lipinski definition) is 2. The summed E-state index contributed by atoms with van der Waals surface area (Å²) in [5, 5.41) is 0. The zero-order valence-electron chi connectivity index (χ0n) is 5.44. The van der Waals surface area contributed by atoms with Crippen molar-refractivity contribution in [3.63, 3.8) is 0 Å². The van der Waals surface area contributed by atoms with Gasteiger partial charge in [-0.3, -0.25) is 9.01 Å². The fraction of sp³-hybridized carbons (Fsp3) is 0. The summed E-state index contributed by atoms with van der Waals surface area (Å²) >= 11 is 0. The summed E-state index contributed by atoms with van der Waals surface area (Å²) in [7, 11) is -8.32. The molecule has 56 valence electrons. The van der Waals surface area contributed by atoms with E-state index in [1.807, 2.05) is 0 Å². The van der Waals surface area contributed by atoms with E-state index in [0.717, 1.165) is 0 Å². The van der Waals surface area contributed by atoms with Crippen LogP contribution in [0.4, 0.5) is 0 Å². The molecule has 0 heterocycles. The zero-order valence-corrected chi connectivity index (χ0v) is 8.25. The second-order valence-corrected chi connectivity index (χ2v) is 2.83. The molecule has 0 bridgehead atoms. The Morgan fingerprint density at radius 3 is 1.80 bits per heavy atom. The summed E-state index contributed by atoms with van der Waals surface area (Å²) in [6.45, 7) is 0. The molecule has 0 saturated heterocycles. The Balaban J connectivity index is -0.0000000817. The summed E-state index contributed by atoms with van der Waals surface area (Å²) in [6, 6.07) is 0. The van der Waals surface area contributed by atoms with Crippen LogP contribution in [0, 0.1) is 0 Å². The largest absolute Gasteiger partial charge is 1.00 e. The maximum absolute atomic E-state index is 9.44. The first-order chi connectivity index (χ1) is 3.42. The molecular formula is H6AlNaO6SSi. The Morgan fingerprint density at radius 2 is 1.80 bits per heavy atom. The molecule has 0 aromatic heterocycles. The average molecular weight is 212 g/mol. The monoisotopic (exact) mass is 212 g/mol. The van der Waals surface area contributed by atoms with Crippen LogP contribution in [0.15, 0.2) is 0 Å². The fourth-order valence-corrected chi connectivity index (χ4v) is 0.811. The van der Waals surface area contributed by atoms with Crippen molar-refractivity contribution < 1.29 is 57.1 Å². The first-order valence-electron chi connectivity index (χ1n) is 1.31. The average Bonchev–Trinajstić information content (AvgIpc) is 1.21. The predicted octanol–water partition coefficient (Wildman–Crippen LogP) is -5.85. The third kappa shape index (κ3) is 16.0. The van der Waals surface area contributed by atoms with E-state index in [4.69, 9.17) is 9.35 Å². The molecular weight excluding hydrogens is 206 g/mol. The predicted molar refractivity (Wildman–Crippen MR) is 32.3 cm³/mol. The fourth-order valence-electron chi connectivity index (χ4n) is 0.0901. The minimum Gasteiger partial charge on any atom is -1.00 e. The van der Waals surface area contributed by atoms with Crippen molar-refractivity contribution in [2.24, 2.45) is 0 Å². The van der Waals surface area contributed by atoms with E-state index in [9.17, 15) is 12.9 Å². The smallest absolute Gasteiger partial charge is 1.00 e. The summed E-state index contributed by atoms with van der Waals surface area (Å²) in [5.41, 5.74) is 0. The molecule has 0 saturated carbocycles. The molecule has 0 unspecified atom stereocenters. The second-order valence-electron chi connectivity index (χ2n) is 0.777. The molecule has 0 fully saturated rings. The van der Waals surface area contributed by atoms with Crippen LogP contribution in [0.25, 0.3) is 0 Å². The van der Waals surface area contributed by atoms with Crippen molar-refractivity contribution >= 4 is 36.9 Å². The third-order valence-electron chi connectivity index (χ3n) is 0.177. The van der Waals surface area contributed by atoms with E-state index >= 15 is 0 Å². The van der Waals surface area contributed by atoms with Crippen LogP contribution >= 0.6 is 0 Å². The van der Waals surface area contributed by atoms with Crippen molar-refractivity contribution in [2.45, 2.75) is 0 Å². The van der Waals surface area contributed by atoms with E-state index < -0.39 is 19.6 Å². The van der Waals surface area contributed by atoms with E-state index in [-0.39, 0.29) is 48.3 Å². The maximum atomic E-state index is 9.44. The van der Waals surface area contributed by atoms with Crippen LogP contribution in [0.3, 0.4) is 0 Å². The maximum Gasteiger partial charge on any atom is 1.00 e. The molecule has 0 aliphatic rings. The topological polar surface area (TPSA) is 101 Å². The van der Waals surface area contributed by atoms with Crippen LogP contribution < -0.4 is 29.6 Å². The van der Waals surface area contributed by atoms with Crippen molar-refractivity contribution in [1.82, 2.24) is 0 Å². The third-order valence-corrected chi connectivity index (χ3v) is 1.59. The number of rotatable bonds is 2. The Hall–Kier alpha value is 1.06. The van der Waals surface area contributed by atoms with Crippen molar-refractivity contribution in [2.75, 3.05) is 0 Å². The van der Waals surface area contributed by atoms with Gasteiger partial charge in [-0.05, 0) is 0 Å². The van der Waals surface area contributed by atoms with E-state index in [1.54, 1.807) is 0 Å². The van der Waals surface area contributed by atoms with Gasteiger partial charge in [0.1, 0.15) is 0 Å². The van der Waals surface area contributed by atoms with Gasteiger partial charge in [-0.15, -0.1) is 0 Å². The first-order valence-corrected chi connectivity index (χ1v) is 3.94. The van der Waals surface area contributed by atoms with Gasteiger partial charge in [0.15, 0.2) is 17.4 Å². The van der Waals surface area contributed by atoms with Gasteiger partial charge in [-0.25, -0.2) is 0 Å². The molecule has 0 radical (unpaired) electrons. The molecule has 0 aliphatic carbocycles. The molecule has 0 rings (SSSR count). The summed E-state index contributed by atoms with van der Waals surface area (Å²) in [4.78, 5) is 7.67. The van der Waals surface area contributed by atoms with Crippen LogP contribution in [0.1, 0.15) is 1.43 Å². The summed E-state index contributed by atoms with van der Waals surface area (Å²) < 4.78 is 39.0. The quantitative estimate of drug-likeness (QED) is 0.349. The first kappa shape index (κ1) is 17.2. The Morgan fingerprint density at radius 1 is 1.50 bits per heavy atom. The van der Waals surface area contributed by atoms with Crippen LogP contribution in [0.5, 0.6) is 0 Å². The molecule has 2 N–H and O–H groups in total. The molecule has 10 heteroatoms. The van der Waals surface area contributed by atoms with Gasteiger partial charge >= 0.3 is 49.1 Å². The van der Waals surface area contributed by atoms with Crippen molar-refractivity contribution in [3.8, 4) is 0 Å². The Bertz CT molecular complexity index is 189.